The first kappa shape index (κ1) is 18.7. The molecule has 3 rings (SSSR count). The maximum atomic E-state index is 12.5. The molecule has 0 bridgehead atoms. The van der Waals surface area contributed by atoms with E-state index in [2.05, 4.69) is 15.3 Å². The van der Waals surface area contributed by atoms with Crippen LogP contribution in [-0.2, 0) is 4.74 Å². The lowest BCUT2D eigenvalue weighted by Gasteiger charge is -2.36. The second-order valence-corrected chi connectivity index (χ2v) is 7.91. The van der Waals surface area contributed by atoms with Crippen LogP contribution >= 0.6 is 11.6 Å². The van der Waals surface area contributed by atoms with E-state index < -0.39 is 5.60 Å². The van der Waals surface area contributed by atoms with Gasteiger partial charge in [-0.05, 0) is 52.2 Å². The first-order valence-electron chi connectivity index (χ1n) is 8.99. The molecule has 26 heavy (non-hydrogen) atoms. The minimum absolute atomic E-state index is 0.0444. The Balaban J connectivity index is 1.70. The Morgan fingerprint density at radius 1 is 1.27 bits per heavy atom. The highest BCUT2D eigenvalue weighted by Crippen LogP contribution is 2.24. The Kier molecular flexibility index (Phi) is 5.51. The molecule has 1 aliphatic rings. The number of benzene rings is 1. The van der Waals surface area contributed by atoms with Gasteiger partial charge in [-0.1, -0.05) is 23.7 Å². The average Bonchev–Trinajstić information content (AvgIpc) is 2.58. The molecule has 140 valence electrons. The van der Waals surface area contributed by atoms with Gasteiger partial charge in [-0.15, -0.1) is 0 Å². The van der Waals surface area contributed by atoms with Crippen LogP contribution in [0.25, 0.3) is 11.0 Å². The third-order valence-electron chi connectivity index (χ3n) is 4.29. The van der Waals surface area contributed by atoms with Crippen LogP contribution < -0.4 is 5.32 Å². The van der Waals surface area contributed by atoms with Crippen LogP contribution in [-0.4, -0.2) is 45.7 Å². The van der Waals surface area contributed by atoms with E-state index in [0.29, 0.717) is 24.1 Å². The van der Waals surface area contributed by atoms with Crippen LogP contribution in [0.3, 0.4) is 0 Å². The molecule has 2 aromatic rings. The van der Waals surface area contributed by atoms with Gasteiger partial charge in [0.2, 0.25) is 0 Å². The largest absolute Gasteiger partial charge is 0.444 e. The zero-order valence-corrected chi connectivity index (χ0v) is 16.2. The van der Waals surface area contributed by atoms with E-state index in [-0.39, 0.29) is 12.1 Å². The summed E-state index contributed by atoms with van der Waals surface area (Å²) in [5.74, 6) is 0.542. The van der Waals surface area contributed by atoms with E-state index in [1.165, 1.54) is 0 Å². The van der Waals surface area contributed by atoms with Gasteiger partial charge in [-0.3, -0.25) is 0 Å². The Morgan fingerprint density at radius 2 is 1.96 bits per heavy atom. The molecule has 0 saturated carbocycles. The van der Waals surface area contributed by atoms with E-state index in [1.54, 1.807) is 0 Å². The molecule has 1 atom stereocenters. The average molecular weight is 377 g/mol. The maximum absolute atomic E-state index is 12.5. The van der Waals surface area contributed by atoms with Crippen molar-refractivity contribution in [2.24, 2.45) is 0 Å². The van der Waals surface area contributed by atoms with Crippen LogP contribution in [0.2, 0.25) is 5.15 Å². The number of anilines is 1. The van der Waals surface area contributed by atoms with Crippen molar-refractivity contribution >= 4 is 34.5 Å². The molecule has 1 fully saturated rings. The number of aromatic nitrogens is 2. The lowest BCUT2D eigenvalue weighted by Crippen LogP contribution is -2.49. The predicted octanol–water partition coefficient (Wildman–Crippen LogP) is 4.48. The summed E-state index contributed by atoms with van der Waals surface area (Å²) in [4.78, 5) is 23.2. The number of likely N-dealkylation sites (tertiary alicyclic amines) is 1. The highest BCUT2D eigenvalue weighted by Gasteiger charge is 2.30. The summed E-state index contributed by atoms with van der Waals surface area (Å²) in [6.07, 6.45) is 2.74. The molecular weight excluding hydrogens is 352 g/mol. The van der Waals surface area contributed by atoms with E-state index in [9.17, 15) is 4.79 Å². The number of piperidine rings is 1. The fraction of sp³-hybridized carbons (Fsp3) is 0.526. The number of carbonyl (C=O) groups excluding carboxylic acids is 1. The minimum atomic E-state index is -0.500. The van der Waals surface area contributed by atoms with E-state index in [1.807, 2.05) is 49.9 Å². The molecular formula is C19H25ClN4O2. The lowest BCUT2D eigenvalue weighted by atomic mass is 10.0. The van der Waals surface area contributed by atoms with Crippen molar-refractivity contribution in [1.29, 1.82) is 0 Å². The molecule has 1 saturated heterocycles. The van der Waals surface area contributed by atoms with Gasteiger partial charge in [0.25, 0.3) is 0 Å². The lowest BCUT2D eigenvalue weighted by molar-refractivity contribution is 0.0114. The molecule has 1 amide bonds. The minimum Gasteiger partial charge on any atom is -0.444 e. The molecule has 7 heteroatoms. The van der Waals surface area contributed by atoms with Gasteiger partial charge < -0.3 is 15.0 Å². The number of amides is 1. The van der Waals surface area contributed by atoms with Crippen molar-refractivity contribution in [3.8, 4) is 0 Å². The molecule has 0 aliphatic carbocycles. The fourth-order valence-electron chi connectivity index (χ4n) is 3.08. The summed E-state index contributed by atoms with van der Waals surface area (Å²) in [6.45, 7) is 6.91. The number of nitrogens with one attached hydrogen (secondary N) is 1. The van der Waals surface area contributed by atoms with Gasteiger partial charge in [0, 0.05) is 13.1 Å². The Labute approximate surface area is 158 Å². The number of halogens is 1. The third kappa shape index (κ3) is 4.55. The van der Waals surface area contributed by atoms with E-state index >= 15 is 0 Å². The number of fused-ring (bicyclic) bond motifs is 1. The Morgan fingerprint density at radius 3 is 2.65 bits per heavy atom. The topological polar surface area (TPSA) is 67.3 Å². The first-order valence-corrected chi connectivity index (χ1v) is 9.37. The van der Waals surface area contributed by atoms with Gasteiger partial charge in [-0.25, -0.2) is 14.8 Å². The van der Waals surface area contributed by atoms with Gasteiger partial charge in [0.05, 0.1) is 17.1 Å². The van der Waals surface area contributed by atoms with E-state index in [0.717, 1.165) is 30.3 Å². The van der Waals surface area contributed by atoms with Gasteiger partial charge >= 0.3 is 6.09 Å². The number of hydrogen-bond donors (Lipinski definition) is 1. The number of ether oxygens (including phenoxy) is 1. The molecule has 1 aromatic carbocycles. The molecule has 0 spiro atoms. The van der Waals surface area contributed by atoms with E-state index in [4.69, 9.17) is 16.3 Å². The van der Waals surface area contributed by atoms with Crippen LogP contribution in [0.15, 0.2) is 24.3 Å². The zero-order valence-electron chi connectivity index (χ0n) is 15.5. The zero-order chi connectivity index (χ0) is 18.7. The van der Waals surface area contributed by atoms with Crippen molar-refractivity contribution in [3.63, 3.8) is 0 Å². The van der Waals surface area contributed by atoms with Crippen molar-refractivity contribution in [2.75, 3.05) is 18.4 Å². The summed E-state index contributed by atoms with van der Waals surface area (Å²) >= 11 is 6.27. The first-order chi connectivity index (χ1) is 12.3. The molecule has 0 unspecified atom stereocenters. The highest BCUT2D eigenvalue weighted by atomic mass is 35.5. The molecule has 1 aromatic heterocycles. The standard InChI is InChI=1S/C19H25ClN4O2/c1-19(2,3)26-18(25)24-11-7-6-8-13(24)12-21-17-16(20)22-14-9-4-5-10-15(14)23-17/h4-5,9-10,13H,6-8,11-12H2,1-3H3,(H,21,23)/t13-/m0/s1. The second kappa shape index (κ2) is 7.66. The van der Waals surface area contributed by atoms with Crippen LogP contribution in [0.1, 0.15) is 40.0 Å². The highest BCUT2D eigenvalue weighted by molar-refractivity contribution is 6.32. The SMILES string of the molecule is CC(C)(C)OC(=O)N1CCCC[C@H]1CNc1nc2ccccc2nc1Cl. The molecule has 2 heterocycles. The summed E-state index contributed by atoms with van der Waals surface area (Å²) in [5.41, 5.74) is 1.04. The van der Waals surface area contributed by atoms with Gasteiger partial charge in [-0.2, -0.15) is 0 Å². The maximum Gasteiger partial charge on any atom is 0.410 e. The fourth-order valence-corrected chi connectivity index (χ4v) is 3.28. The molecule has 1 N–H and O–H groups in total. The van der Waals surface area contributed by atoms with Crippen molar-refractivity contribution in [2.45, 2.75) is 51.7 Å². The molecule has 0 radical (unpaired) electrons. The normalized spacial score (nSPS) is 18.0. The third-order valence-corrected chi connectivity index (χ3v) is 4.55. The van der Waals surface area contributed by atoms with Gasteiger partial charge in [0.15, 0.2) is 11.0 Å². The number of nitrogens with zero attached hydrogens (tertiary/aromatic N) is 3. The quantitative estimate of drug-likeness (QED) is 0.855. The smallest absolute Gasteiger partial charge is 0.410 e. The number of hydrogen-bond acceptors (Lipinski definition) is 5. The summed E-state index contributed by atoms with van der Waals surface area (Å²) in [5, 5.41) is 3.60. The summed E-state index contributed by atoms with van der Waals surface area (Å²) in [7, 11) is 0. The van der Waals surface area contributed by atoms with Crippen LogP contribution in [0.4, 0.5) is 10.6 Å². The second-order valence-electron chi connectivity index (χ2n) is 7.56. The molecule has 1 aliphatic heterocycles. The van der Waals surface area contributed by atoms with Crippen LogP contribution in [0.5, 0.6) is 0 Å². The molecule has 6 nitrogen and oxygen atoms in total. The number of rotatable bonds is 3. The predicted molar refractivity (Wildman–Crippen MR) is 104 cm³/mol. The summed E-state index contributed by atoms with van der Waals surface area (Å²) < 4.78 is 5.55. The summed E-state index contributed by atoms with van der Waals surface area (Å²) in [6, 6.07) is 7.64. The Hall–Kier alpha value is -2.08. The van der Waals surface area contributed by atoms with Crippen molar-refractivity contribution < 1.29 is 9.53 Å². The number of para-hydroxylation sites is 2. The van der Waals surface area contributed by atoms with Crippen molar-refractivity contribution in [1.82, 2.24) is 14.9 Å². The number of carbonyl (C=O) groups is 1. The van der Waals surface area contributed by atoms with Gasteiger partial charge in [0.1, 0.15) is 5.60 Å². The van der Waals surface area contributed by atoms with Crippen molar-refractivity contribution in [3.05, 3.63) is 29.4 Å². The monoisotopic (exact) mass is 376 g/mol. The Bertz CT molecular complexity index is 791. The van der Waals surface area contributed by atoms with Crippen LogP contribution in [0, 0.1) is 0 Å².